The number of sulfone groups is 1. The van der Waals surface area contributed by atoms with Crippen LogP contribution in [0.5, 0.6) is 5.75 Å². The smallest absolute Gasteiger partial charge is 0.310 e. The Balaban J connectivity index is 1.81. The summed E-state index contributed by atoms with van der Waals surface area (Å²) in [6, 6.07) is 15.8. The van der Waals surface area contributed by atoms with Crippen LogP contribution in [0.4, 0.5) is 11.4 Å². The minimum Gasteiger partial charge on any atom is -0.497 e. The van der Waals surface area contributed by atoms with Crippen LogP contribution in [-0.2, 0) is 16.4 Å². The fourth-order valence-corrected chi connectivity index (χ4v) is 4.53. The lowest BCUT2D eigenvalue weighted by Gasteiger charge is -2.08. The number of ether oxygens (including phenoxy) is 1. The average molecular weight is 418 g/mol. The summed E-state index contributed by atoms with van der Waals surface area (Å²) in [5.41, 5.74) is 0.784. The number of para-hydroxylation sites is 1. The maximum absolute atomic E-state index is 11.9. The fraction of sp³-hybridized carbons (Fsp3) is 0.158. The Labute approximate surface area is 166 Å². The summed E-state index contributed by atoms with van der Waals surface area (Å²) >= 11 is 1.55. The van der Waals surface area contributed by atoms with Gasteiger partial charge < -0.3 is 10.1 Å². The van der Waals surface area contributed by atoms with Gasteiger partial charge in [-0.3, -0.25) is 10.1 Å². The van der Waals surface area contributed by atoms with Gasteiger partial charge in [0, 0.05) is 22.6 Å². The molecule has 0 spiro atoms. The van der Waals surface area contributed by atoms with E-state index in [2.05, 4.69) is 5.32 Å². The first-order valence-corrected chi connectivity index (χ1v) is 10.9. The van der Waals surface area contributed by atoms with Crippen molar-refractivity contribution in [3.63, 3.8) is 0 Å². The zero-order valence-corrected chi connectivity index (χ0v) is 16.8. The van der Waals surface area contributed by atoms with Crippen molar-refractivity contribution in [2.45, 2.75) is 11.4 Å². The van der Waals surface area contributed by atoms with Crippen molar-refractivity contribution in [2.75, 3.05) is 18.7 Å². The molecule has 1 heterocycles. The highest BCUT2D eigenvalue weighted by Crippen LogP contribution is 2.34. The van der Waals surface area contributed by atoms with Gasteiger partial charge in [-0.1, -0.05) is 6.07 Å². The van der Waals surface area contributed by atoms with Crippen LogP contribution in [0.1, 0.15) is 4.88 Å². The second-order valence-corrected chi connectivity index (χ2v) is 9.18. The predicted octanol–water partition coefficient (Wildman–Crippen LogP) is 4.35. The maximum Gasteiger partial charge on any atom is 0.310 e. The van der Waals surface area contributed by atoms with E-state index in [0.717, 1.165) is 27.3 Å². The zero-order valence-electron chi connectivity index (χ0n) is 15.2. The van der Waals surface area contributed by atoms with Gasteiger partial charge in [-0.15, -0.1) is 11.3 Å². The van der Waals surface area contributed by atoms with Crippen LogP contribution < -0.4 is 10.1 Å². The van der Waals surface area contributed by atoms with Crippen LogP contribution in [0.2, 0.25) is 0 Å². The predicted molar refractivity (Wildman–Crippen MR) is 110 cm³/mol. The number of hydrogen-bond acceptors (Lipinski definition) is 7. The van der Waals surface area contributed by atoms with E-state index in [1.807, 2.05) is 36.4 Å². The molecule has 1 aromatic heterocycles. The lowest BCUT2D eigenvalue weighted by atomic mass is 10.2. The van der Waals surface area contributed by atoms with Crippen LogP contribution in [0, 0.1) is 10.1 Å². The molecule has 0 radical (unpaired) electrons. The first-order valence-electron chi connectivity index (χ1n) is 8.24. The van der Waals surface area contributed by atoms with E-state index in [0.29, 0.717) is 6.54 Å². The third kappa shape index (κ3) is 4.32. The van der Waals surface area contributed by atoms with E-state index in [1.54, 1.807) is 18.4 Å². The summed E-state index contributed by atoms with van der Waals surface area (Å²) in [5.74, 6) is 0.778. The molecule has 1 N–H and O–H groups in total. The van der Waals surface area contributed by atoms with E-state index in [-0.39, 0.29) is 10.6 Å². The molecule has 0 bridgehead atoms. The van der Waals surface area contributed by atoms with Gasteiger partial charge in [-0.2, -0.15) is 0 Å². The van der Waals surface area contributed by atoms with Gasteiger partial charge in [0.1, 0.15) is 16.3 Å². The second-order valence-electron chi connectivity index (χ2n) is 6.03. The van der Waals surface area contributed by atoms with E-state index in [4.69, 9.17) is 4.74 Å². The van der Waals surface area contributed by atoms with Crippen molar-refractivity contribution in [3.8, 4) is 16.2 Å². The molecular formula is C19H18N2O5S2. The standard InChI is InChI=1S/C19H18N2O5S2/c1-26-14-8-6-13(7-9-14)17-11-10-15(27-17)12-20-16-4-3-5-18(28(2,24)25)19(16)21(22)23/h3-11,20H,12H2,1-2H3. The summed E-state index contributed by atoms with van der Waals surface area (Å²) in [6.45, 7) is 0.342. The van der Waals surface area contributed by atoms with Crippen LogP contribution in [0.15, 0.2) is 59.5 Å². The molecule has 28 heavy (non-hydrogen) atoms. The number of methoxy groups -OCH3 is 1. The number of thiophene rings is 1. The SMILES string of the molecule is COc1ccc(-c2ccc(CNc3cccc(S(C)(=O)=O)c3[N+](=O)[O-])s2)cc1. The van der Waals surface area contributed by atoms with Gasteiger partial charge in [0.15, 0.2) is 9.84 Å². The molecule has 3 rings (SSSR count). The summed E-state index contributed by atoms with van der Waals surface area (Å²) in [4.78, 5) is 12.5. The summed E-state index contributed by atoms with van der Waals surface area (Å²) in [6.07, 6.45) is 0.958. The summed E-state index contributed by atoms with van der Waals surface area (Å²) in [7, 11) is -2.10. The van der Waals surface area contributed by atoms with Crippen molar-refractivity contribution in [1.29, 1.82) is 0 Å². The number of hydrogen-bond donors (Lipinski definition) is 1. The highest BCUT2D eigenvalue weighted by molar-refractivity contribution is 7.90. The van der Waals surface area contributed by atoms with Gasteiger partial charge in [0.25, 0.3) is 0 Å². The van der Waals surface area contributed by atoms with E-state index < -0.39 is 20.4 Å². The van der Waals surface area contributed by atoms with Crippen molar-refractivity contribution in [1.82, 2.24) is 0 Å². The van der Waals surface area contributed by atoms with Gasteiger partial charge in [0.05, 0.1) is 12.0 Å². The topological polar surface area (TPSA) is 98.5 Å². The van der Waals surface area contributed by atoms with Crippen LogP contribution in [-0.4, -0.2) is 26.7 Å². The van der Waals surface area contributed by atoms with Crippen LogP contribution in [0.3, 0.4) is 0 Å². The van der Waals surface area contributed by atoms with E-state index >= 15 is 0 Å². The average Bonchev–Trinajstić information content (AvgIpc) is 3.14. The molecule has 146 valence electrons. The number of nitro groups is 1. The fourth-order valence-electron chi connectivity index (χ4n) is 2.72. The minimum atomic E-state index is -3.71. The van der Waals surface area contributed by atoms with Crippen LogP contribution >= 0.6 is 11.3 Å². The highest BCUT2D eigenvalue weighted by Gasteiger charge is 2.26. The van der Waals surface area contributed by atoms with Crippen molar-refractivity contribution < 1.29 is 18.1 Å². The van der Waals surface area contributed by atoms with E-state index in [1.165, 1.54) is 18.2 Å². The van der Waals surface area contributed by atoms with Gasteiger partial charge in [-0.05, 0) is 54.1 Å². The monoisotopic (exact) mass is 418 g/mol. The number of nitrogens with one attached hydrogen (secondary N) is 1. The molecule has 0 aliphatic carbocycles. The third-order valence-corrected chi connectivity index (χ3v) is 6.33. The lowest BCUT2D eigenvalue weighted by molar-refractivity contribution is -0.386. The first kappa shape index (κ1) is 19.8. The number of nitro benzene ring substituents is 1. The van der Waals surface area contributed by atoms with Crippen molar-refractivity contribution in [3.05, 3.63) is 69.6 Å². The Morgan fingerprint density at radius 2 is 1.82 bits per heavy atom. The molecule has 9 heteroatoms. The molecule has 0 aliphatic heterocycles. The lowest BCUT2D eigenvalue weighted by Crippen LogP contribution is -2.07. The molecule has 0 atom stereocenters. The van der Waals surface area contributed by atoms with Crippen LogP contribution in [0.25, 0.3) is 10.4 Å². The number of anilines is 1. The normalized spacial score (nSPS) is 11.2. The summed E-state index contributed by atoms with van der Waals surface area (Å²) < 4.78 is 28.9. The highest BCUT2D eigenvalue weighted by atomic mass is 32.2. The molecule has 2 aromatic carbocycles. The Morgan fingerprint density at radius 3 is 2.43 bits per heavy atom. The molecule has 0 saturated carbocycles. The zero-order chi connectivity index (χ0) is 20.3. The molecule has 7 nitrogen and oxygen atoms in total. The first-order chi connectivity index (χ1) is 13.3. The van der Waals surface area contributed by atoms with Gasteiger partial charge >= 0.3 is 5.69 Å². The van der Waals surface area contributed by atoms with Gasteiger partial charge in [-0.25, -0.2) is 8.42 Å². The molecule has 0 amide bonds. The Morgan fingerprint density at radius 1 is 1.11 bits per heavy atom. The molecule has 3 aromatic rings. The second kappa shape index (κ2) is 7.99. The molecule has 0 fully saturated rings. The van der Waals surface area contributed by atoms with Crippen molar-refractivity contribution in [2.24, 2.45) is 0 Å². The Bertz CT molecular complexity index is 1110. The molecule has 0 saturated heterocycles. The van der Waals surface area contributed by atoms with Gasteiger partial charge in [0.2, 0.25) is 0 Å². The quantitative estimate of drug-likeness (QED) is 0.452. The number of benzene rings is 2. The molecule has 0 unspecified atom stereocenters. The van der Waals surface area contributed by atoms with Crippen molar-refractivity contribution >= 4 is 32.5 Å². The molecular weight excluding hydrogens is 400 g/mol. The minimum absolute atomic E-state index is 0.173. The number of rotatable bonds is 7. The Kier molecular flexibility index (Phi) is 5.66. The largest absolute Gasteiger partial charge is 0.497 e. The maximum atomic E-state index is 11.9. The molecule has 0 aliphatic rings. The number of nitrogens with zero attached hydrogens (tertiary/aromatic N) is 1. The Hall–Kier alpha value is -2.91. The summed E-state index contributed by atoms with van der Waals surface area (Å²) in [5, 5.41) is 14.4. The van der Waals surface area contributed by atoms with E-state index in [9.17, 15) is 18.5 Å². The third-order valence-electron chi connectivity index (χ3n) is 4.07.